The molecule has 1 rings (SSSR count). The molecular formula is C20H34N4O2. The third-order valence-corrected chi connectivity index (χ3v) is 4.00. The van der Waals surface area contributed by atoms with Crippen LogP contribution in [0.3, 0.4) is 0 Å². The van der Waals surface area contributed by atoms with Crippen LogP contribution in [0.5, 0.6) is 5.75 Å². The standard InChI is InChI=1S/C20H34N4O2/c1-7-11-26-17-12-15(3)9-10-16(17)13-23-19(21-6)24-14-20(4,5)18(25)22-8-2/h9-10,12H,7-8,11,13-14H2,1-6H3,(H,22,25)(H2,21,23,24). The molecule has 146 valence electrons. The molecule has 3 N–H and O–H groups in total. The minimum absolute atomic E-state index is 0.0248. The van der Waals surface area contributed by atoms with Crippen LogP contribution in [0.15, 0.2) is 23.2 Å². The fourth-order valence-electron chi connectivity index (χ4n) is 2.34. The average molecular weight is 363 g/mol. The fourth-order valence-corrected chi connectivity index (χ4v) is 2.34. The predicted molar refractivity (Wildman–Crippen MR) is 108 cm³/mol. The Kier molecular flexibility index (Phi) is 8.96. The summed E-state index contributed by atoms with van der Waals surface area (Å²) in [6.07, 6.45) is 0.971. The van der Waals surface area contributed by atoms with Gasteiger partial charge in [-0.05, 0) is 45.7 Å². The summed E-state index contributed by atoms with van der Waals surface area (Å²) in [6.45, 7) is 12.3. The van der Waals surface area contributed by atoms with Crippen molar-refractivity contribution in [2.75, 3.05) is 26.7 Å². The van der Waals surface area contributed by atoms with Gasteiger partial charge in [0.05, 0.1) is 12.0 Å². The second-order valence-corrected chi connectivity index (χ2v) is 6.98. The summed E-state index contributed by atoms with van der Waals surface area (Å²) in [6, 6.07) is 6.20. The molecule has 0 heterocycles. The van der Waals surface area contributed by atoms with E-state index < -0.39 is 5.41 Å². The van der Waals surface area contributed by atoms with E-state index in [9.17, 15) is 4.79 Å². The van der Waals surface area contributed by atoms with Crippen LogP contribution in [0.25, 0.3) is 0 Å². The zero-order valence-electron chi connectivity index (χ0n) is 17.0. The number of benzene rings is 1. The third kappa shape index (κ3) is 6.94. The fraction of sp³-hybridized carbons (Fsp3) is 0.600. The van der Waals surface area contributed by atoms with Gasteiger partial charge in [0.1, 0.15) is 5.75 Å². The molecule has 0 aliphatic carbocycles. The molecule has 1 aromatic carbocycles. The minimum Gasteiger partial charge on any atom is -0.493 e. The Balaban J connectivity index is 2.66. The number of carbonyl (C=O) groups excluding carboxylic acids is 1. The Morgan fingerprint density at radius 1 is 1.19 bits per heavy atom. The van der Waals surface area contributed by atoms with E-state index in [4.69, 9.17) is 4.74 Å². The molecule has 0 bridgehead atoms. The molecule has 6 heteroatoms. The van der Waals surface area contributed by atoms with Gasteiger partial charge in [-0.15, -0.1) is 0 Å². The molecule has 0 aromatic heterocycles. The van der Waals surface area contributed by atoms with Crippen LogP contribution in [-0.2, 0) is 11.3 Å². The SMILES string of the molecule is CCCOc1cc(C)ccc1CNC(=NC)NCC(C)(C)C(=O)NCC. The quantitative estimate of drug-likeness (QED) is 0.466. The van der Waals surface area contributed by atoms with Crippen molar-refractivity contribution in [3.63, 3.8) is 0 Å². The van der Waals surface area contributed by atoms with Crippen LogP contribution < -0.4 is 20.7 Å². The lowest BCUT2D eigenvalue weighted by molar-refractivity contribution is -0.128. The lowest BCUT2D eigenvalue weighted by Crippen LogP contribution is -2.47. The number of nitrogens with zero attached hydrogens (tertiary/aromatic N) is 1. The molecule has 0 saturated carbocycles. The van der Waals surface area contributed by atoms with Crippen molar-refractivity contribution in [2.24, 2.45) is 10.4 Å². The van der Waals surface area contributed by atoms with Crippen LogP contribution in [0.1, 0.15) is 45.2 Å². The van der Waals surface area contributed by atoms with Gasteiger partial charge in [-0.25, -0.2) is 0 Å². The molecule has 0 fully saturated rings. The van der Waals surface area contributed by atoms with Crippen molar-refractivity contribution in [2.45, 2.75) is 47.6 Å². The van der Waals surface area contributed by atoms with Crippen LogP contribution in [-0.4, -0.2) is 38.6 Å². The molecule has 26 heavy (non-hydrogen) atoms. The number of aryl methyl sites for hydroxylation is 1. The monoisotopic (exact) mass is 362 g/mol. The lowest BCUT2D eigenvalue weighted by atomic mass is 9.92. The van der Waals surface area contributed by atoms with Crippen molar-refractivity contribution in [3.8, 4) is 5.75 Å². The maximum Gasteiger partial charge on any atom is 0.227 e. The molecule has 0 unspecified atom stereocenters. The second kappa shape index (κ2) is 10.7. The normalized spacial score (nSPS) is 11.8. The minimum atomic E-state index is -0.521. The van der Waals surface area contributed by atoms with Gasteiger partial charge in [0.15, 0.2) is 5.96 Å². The molecule has 1 aromatic rings. The Bertz CT molecular complexity index is 612. The summed E-state index contributed by atoms with van der Waals surface area (Å²) >= 11 is 0. The smallest absolute Gasteiger partial charge is 0.227 e. The molecule has 0 aliphatic heterocycles. The zero-order valence-corrected chi connectivity index (χ0v) is 17.0. The van der Waals surface area contributed by atoms with Crippen molar-refractivity contribution in [3.05, 3.63) is 29.3 Å². The Morgan fingerprint density at radius 3 is 2.54 bits per heavy atom. The number of carbonyl (C=O) groups is 1. The molecule has 1 amide bonds. The van der Waals surface area contributed by atoms with Gasteiger partial charge in [-0.2, -0.15) is 0 Å². The van der Waals surface area contributed by atoms with Crippen LogP contribution in [0, 0.1) is 12.3 Å². The van der Waals surface area contributed by atoms with E-state index in [1.807, 2.05) is 20.8 Å². The highest BCUT2D eigenvalue weighted by Gasteiger charge is 2.27. The van der Waals surface area contributed by atoms with Gasteiger partial charge >= 0.3 is 0 Å². The number of aliphatic imine (C=N–C) groups is 1. The summed E-state index contributed by atoms with van der Waals surface area (Å²) < 4.78 is 5.85. The van der Waals surface area contributed by atoms with Gasteiger partial charge in [0, 0.05) is 32.2 Å². The van der Waals surface area contributed by atoms with Crippen molar-refractivity contribution in [1.82, 2.24) is 16.0 Å². The molecule has 0 spiro atoms. The highest BCUT2D eigenvalue weighted by atomic mass is 16.5. The van der Waals surface area contributed by atoms with Crippen LogP contribution in [0.4, 0.5) is 0 Å². The number of hydrogen-bond acceptors (Lipinski definition) is 3. The van der Waals surface area contributed by atoms with E-state index in [1.165, 1.54) is 5.56 Å². The van der Waals surface area contributed by atoms with E-state index in [0.717, 1.165) is 17.7 Å². The maximum atomic E-state index is 12.1. The molecule has 0 saturated heterocycles. The number of guanidine groups is 1. The van der Waals surface area contributed by atoms with Crippen LogP contribution >= 0.6 is 0 Å². The van der Waals surface area contributed by atoms with E-state index in [0.29, 0.717) is 32.2 Å². The van der Waals surface area contributed by atoms with Crippen molar-refractivity contribution in [1.29, 1.82) is 0 Å². The highest BCUT2D eigenvalue weighted by Crippen LogP contribution is 2.20. The first-order valence-electron chi connectivity index (χ1n) is 9.29. The first kappa shape index (κ1) is 21.8. The maximum absolute atomic E-state index is 12.1. The number of nitrogens with one attached hydrogen (secondary N) is 3. The highest BCUT2D eigenvalue weighted by molar-refractivity contribution is 5.84. The molecule has 0 atom stereocenters. The number of rotatable bonds is 9. The Morgan fingerprint density at radius 2 is 1.92 bits per heavy atom. The van der Waals surface area contributed by atoms with Gasteiger partial charge < -0.3 is 20.7 Å². The third-order valence-electron chi connectivity index (χ3n) is 4.00. The van der Waals surface area contributed by atoms with Gasteiger partial charge in [-0.1, -0.05) is 19.1 Å². The van der Waals surface area contributed by atoms with E-state index >= 15 is 0 Å². The van der Waals surface area contributed by atoms with Gasteiger partial charge in [0.2, 0.25) is 5.91 Å². The first-order chi connectivity index (χ1) is 12.3. The number of ether oxygens (including phenoxy) is 1. The summed E-state index contributed by atoms with van der Waals surface area (Å²) in [7, 11) is 1.72. The van der Waals surface area contributed by atoms with Crippen molar-refractivity contribution >= 4 is 11.9 Å². The first-order valence-corrected chi connectivity index (χ1v) is 9.29. The summed E-state index contributed by atoms with van der Waals surface area (Å²) in [5.41, 5.74) is 1.73. The van der Waals surface area contributed by atoms with Crippen molar-refractivity contribution < 1.29 is 9.53 Å². The summed E-state index contributed by atoms with van der Waals surface area (Å²) in [5.74, 6) is 1.58. The van der Waals surface area contributed by atoms with Gasteiger partial charge in [0.25, 0.3) is 0 Å². The average Bonchev–Trinajstić information content (AvgIpc) is 2.61. The van der Waals surface area contributed by atoms with Gasteiger partial charge in [-0.3, -0.25) is 9.79 Å². The summed E-state index contributed by atoms with van der Waals surface area (Å²) in [5, 5.41) is 9.39. The number of amides is 1. The topological polar surface area (TPSA) is 74.8 Å². The molecule has 0 aliphatic rings. The molecule has 6 nitrogen and oxygen atoms in total. The lowest BCUT2D eigenvalue weighted by Gasteiger charge is -2.25. The molecule has 0 radical (unpaired) electrons. The summed E-state index contributed by atoms with van der Waals surface area (Å²) in [4.78, 5) is 16.3. The zero-order chi connectivity index (χ0) is 19.6. The predicted octanol–water partition coefficient (Wildman–Crippen LogP) is 2.61. The Hall–Kier alpha value is -2.24. The largest absolute Gasteiger partial charge is 0.493 e. The van der Waals surface area contributed by atoms with E-state index in [2.05, 4.69) is 53.0 Å². The number of hydrogen-bond donors (Lipinski definition) is 3. The Labute approximate surface area is 157 Å². The second-order valence-electron chi connectivity index (χ2n) is 6.98. The van der Waals surface area contributed by atoms with Crippen LogP contribution in [0.2, 0.25) is 0 Å². The van der Waals surface area contributed by atoms with E-state index in [1.54, 1.807) is 7.05 Å². The van der Waals surface area contributed by atoms with E-state index in [-0.39, 0.29) is 5.91 Å². The molecular weight excluding hydrogens is 328 g/mol.